The van der Waals surface area contributed by atoms with Crippen LogP contribution in [0.25, 0.3) is 22.7 Å². The molecule has 0 N–H and O–H groups in total. The van der Waals surface area contributed by atoms with Gasteiger partial charge < -0.3 is 4.57 Å². The minimum Gasteiger partial charge on any atom is -0.313 e. The van der Waals surface area contributed by atoms with Crippen molar-refractivity contribution in [1.29, 1.82) is 0 Å². The van der Waals surface area contributed by atoms with Gasteiger partial charge in [-0.1, -0.05) is 55.0 Å². The van der Waals surface area contributed by atoms with Crippen molar-refractivity contribution in [3.8, 4) is 5.69 Å². The number of allylic oxidation sites excluding steroid dienone is 1. The number of nitrogens with zero attached hydrogens (tertiary/aromatic N) is 1. The lowest BCUT2D eigenvalue weighted by Crippen LogP contribution is -2.08. The molecule has 0 spiro atoms. The SMILES string of the molecule is Cc1ccc(-n2c3c(c4ccccc42)C=CC(C)C3)cc1. The minimum atomic E-state index is 0.603. The lowest BCUT2D eigenvalue weighted by Gasteiger charge is -2.17. The Morgan fingerprint density at radius 1 is 1.00 bits per heavy atom. The molecule has 0 radical (unpaired) electrons. The molecule has 1 aliphatic carbocycles. The van der Waals surface area contributed by atoms with E-state index in [1.807, 2.05) is 0 Å². The van der Waals surface area contributed by atoms with E-state index in [0.717, 1.165) is 6.42 Å². The summed E-state index contributed by atoms with van der Waals surface area (Å²) in [6.07, 6.45) is 5.74. The molecule has 21 heavy (non-hydrogen) atoms. The molecule has 1 aromatic heterocycles. The van der Waals surface area contributed by atoms with Crippen molar-refractivity contribution in [2.45, 2.75) is 20.3 Å². The lowest BCUT2D eigenvalue weighted by molar-refractivity contribution is 0.690. The van der Waals surface area contributed by atoms with Crippen LogP contribution in [0, 0.1) is 12.8 Å². The molecule has 1 aliphatic rings. The summed E-state index contributed by atoms with van der Waals surface area (Å²) in [6, 6.07) is 17.6. The maximum atomic E-state index is 2.43. The quantitative estimate of drug-likeness (QED) is 0.578. The van der Waals surface area contributed by atoms with E-state index < -0.39 is 0 Å². The molecule has 0 saturated heterocycles. The Balaban J connectivity index is 2.06. The Morgan fingerprint density at radius 2 is 1.76 bits per heavy atom. The van der Waals surface area contributed by atoms with E-state index in [1.165, 1.54) is 33.4 Å². The van der Waals surface area contributed by atoms with Crippen molar-refractivity contribution in [2.75, 3.05) is 0 Å². The fourth-order valence-corrected chi connectivity index (χ4v) is 3.33. The molecule has 104 valence electrons. The van der Waals surface area contributed by atoms with Crippen LogP contribution in [-0.4, -0.2) is 4.57 Å². The third kappa shape index (κ3) is 1.92. The van der Waals surface area contributed by atoms with E-state index in [9.17, 15) is 0 Å². The average Bonchev–Trinajstić information content (AvgIpc) is 2.82. The minimum absolute atomic E-state index is 0.603. The normalized spacial score (nSPS) is 17.1. The number of benzene rings is 2. The number of rotatable bonds is 1. The molecule has 4 rings (SSSR count). The zero-order chi connectivity index (χ0) is 14.4. The lowest BCUT2D eigenvalue weighted by atomic mass is 9.95. The van der Waals surface area contributed by atoms with Crippen molar-refractivity contribution in [3.63, 3.8) is 0 Å². The van der Waals surface area contributed by atoms with Gasteiger partial charge in [-0.15, -0.1) is 0 Å². The van der Waals surface area contributed by atoms with Gasteiger partial charge in [0, 0.05) is 22.3 Å². The molecule has 2 aromatic carbocycles. The Bertz CT molecular complexity index is 834. The Morgan fingerprint density at radius 3 is 2.57 bits per heavy atom. The Hall–Kier alpha value is -2.28. The van der Waals surface area contributed by atoms with E-state index in [-0.39, 0.29) is 0 Å². The molecule has 0 bridgehead atoms. The van der Waals surface area contributed by atoms with E-state index in [1.54, 1.807) is 0 Å². The number of para-hydroxylation sites is 1. The monoisotopic (exact) mass is 273 g/mol. The highest BCUT2D eigenvalue weighted by Gasteiger charge is 2.20. The van der Waals surface area contributed by atoms with Gasteiger partial charge in [-0.25, -0.2) is 0 Å². The second kappa shape index (κ2) is 4.63. The largest absolute Gasteiger partial charge is 0.313 e. The Labute approximate surface area is 125 Å². The molecule has 1 heteroatoms. The number of fused-ring (bicyclic) bond motifs is 3. The van der Waals surface area contributed by atoms with Crippen LogP contribution in [-0.2, 0) is 6.42 Å². The second-order valence-electron chi connectivity index (χ2n) is 6.09. The molecule has 0 amide bonds. The molecule has 1 heterocycles. The highest BCUT2D eigenvalue weighted by Crippen LogP contribution is 2.35. The van der Waals surface area contributed by atoms with Crippen LogP contribution in [0.2, 0.25) is 0 Å². The number of hydrogen-bond acceptors (Lipinski definition) is 0. The summed E-state index contributed by atoms with van der Waals surface area (Å²) in [5.41, 5.74) is 6.71. The van der Waals surface area contributed by atoms with Crippen LogP contribution in [0.5, 0.6) is 0 Å². The van der Waals surface area contributed by atoms with Crippen molar-refractivity contribution >= 4 is 17.0 Å². The van der Waals surface area contributed by atoms with Crippen LogP contribution in [0.15, 0.2) is 54.6 Å². The van der Waals surface area contributed by atoms with Crippen molar-refractivity contribution in [3.05, 3.63) is 71.4 Å². The Kier molecular flexibility index (Phi) is 2.75. The van der Waals surface area contributed by atoms with Gasteiger partial charge in [0.2, 0.25) is 0 Å². The first-order valence-electron chi connectivity index (χ1n) is 7.61. The molecule has 3 aromatic rings. The van der Waals surface area contributed by atoms with Crippen molar-refractivity contribution in [2.24, 2.45) is 5.92 Å². The first-order valence-corrected chi connectivity index (χ1v) is 7.61. The summed E-state index contributed by atoms with van der Waals surface area (Å²) >= 11 is 0. The highest BCUT2D eigenvalue weighted by molar-refractivity contribution is 5.93. The van der Waals surface area contributed by atoms with E-state index >= 15 is 0 Å². The summed E-state index contributed by atoms with van der Waals surface area (Å²) < 4.78 is 2.43. The second-order valence-corrected chi connectivity index (χ2v) is 6.09. The molecule has 0 aliphatic heterocycles. The zero-order valence-corrected chi connectivity index (χ0v) is 12.5. The fraction of sp³-hybridized carbons (Fsp3) is 0.200. The maximum Gasteiger partial charge on any atom is 0.0537 e. The molecule has 1 unspecified atom stereocenters. The first-order chi connectivity index (χ1) is 10.2. The van der Waals surface area contributed by atoms with Gasteiger partial charge >= 0.3 is 0 Å². The predicted octanol–water partition coefficient (Wildman–Crippen LogP) is 5.14. The van der Waals surface area contributed by atoms with Crippen LogP contribution >= 0.6 is 0 Å². The fourth-order valence-electron chi connectivity index (χ4n) is 3.33. The van der Waals surface area contributed by atoms with Crippen LogP contribution in [0.1, 0.15) is 23.7 Å². The van der Waals surface area contributed by atoms with Gasteiger partial charge in [-0.2, -0.15) is 0 Å². The summed E-state index contributed by atoms with van der Waals surface area (Å²) in [6.45, 7) is 4.43. The predicted molar refractivity (Wildman–Crippen MR) is 89.9 cm³/mol. The number of aromatic nitrogens is 1. The van der Waals surface area contributed by atoms with E-state index in [0.29, 0.717) is 5.92 Å². The first kappa shape index (κ1) is 12.5. The van der Waals surface area contributed by atoms with Crippen LogP contribution in [0.4, 0.5) is 0 Å². The smallest absolute Gasteiger partial charge is 0.0537 e. The van der Waals surface area contributed by atoms with Crippen LogP contribution < -0.4 is 0 Å². The summed E-state index contributed by atoms with van der Waals surface area (Å²) in [7, 11) is 0. The van der Waals surface area contributed by atoms with Crippen molar-refractivity contribution in [1.82, 2.24) is 4.57 Å². The van der Waals surface area contributed by atoms with Gasteiger partial charge in [-0.3, -0.25) is 0 Å². The standard InChI is InChI=1S/C20H19N/c1-14-7-10-16(11-8-14)21-19-6-4-3-5-17(19)18-12-9-15(2)13-20(18)21/h3-12,15H,13H2,1-2H3. The van der Waals surface area contributed by atoms with Gasteiger partial charge in [0.25, 0.3) is 0 Å². The van der Waals surface area contributed by atoms with Crippen molar-refractivity contribution < 1.29 is 0 Å². The molecule has 0 fully saturated rings. The molecule has 0 saturated carbocycles. The zero-order valence-electron chi connectivity index (χ0n) is 12.5. The molecular formula is C20H19N. The van der Waals surface area contributed by atoms with E-state index in [4.69, 9.17) is 0 Å². The van der Waals surface area contributed by atoms with E-state index in [2.05, 4.69) is 79.1 Å². The highest BCUT2D eigenvalue weighted by atomic mass is 15.0. The third-order valence-corrected chi connectivity index (χ3v) is 4.41. The number of aryl methyl sites for hydroxylation is 1. The third-order valence-electron chi connectivity index (χ3n) is 4.41. The summed E-state index contributed by atoms with van der Waals surface area (Å²) in [5.74, 6) is 0.603. The van der Waals surface area contributed by atoms with Crippen LogP contribution in [0.3, 0.4) is 0 Å². The topological polar surface area (TPSA) is 4.93 Å². The average molecular weight is 273 g/mol. The molecule has 1 nitrogen and oxygen atoms in total. The maximum absolute atomic E-state index is 2.43. The van der Waals surface area contributed by atoms with Gasteiger partial charge in [-0.05, 0) is 37.5 Å². The van der Waals surface area contributed by atoms with Gasteiger partial charge in [0.15, 0.2) is 0 Å². The molecular weight excluding hydrogens is 254 g/mol. The number of hydrogen-bond donors (Lipinski definition) is 0. The van der Waals surface area contributed by atoms with Gasteiger partial charge in [0.05, 0.1) is 5.52 Å². The summed E-state index contributed by atoms with van der Waals surface area (Å²) in [5, 5.41) is 1.36. The summed E-state index contributed by atoms with van der Waals surface area (Å²) in [4.78, 5) is 0. The molecule has 1 atom stereocenters. The van der Waals surface area contributed by atoms with Gasteiger partial charge in [0.1, 0.15) is 0 Å².